The number of hydrogen-bond acceptors (Lipinski definition) is 4. The Balaban J connectivity index is 1.89. The third kappa shape index (κ3) is 5.17. The Morgan fingerprint density at radius 1 is 1.19 bits per heavy atom. The molecule has 0 spiro atoms. The molecular formula is C22H29F2N3O3S. The lowest BCUT2D eigenvalue weighted by atomic mass is 9.58. The lowest BCUT2D eigenvalue weighted by Gasteiger charge is -2.50. The highest BCUT2D eigenvalue weighted by atomic mass is 32.2. The number of nitrogens with one attached hydrogen (secondary N) is 2. The molecule has 0 aliphatic heterocycles. The van der Waals surface area contributed by atoms with E-state index in [1.165, 1.54) is 6.07 Å². The number of alkyl halides is 2. The van der Waals surface area contributed by atoms with Gasteiger partial charge in [0.2, 0.25) is 10.0 Å². The molecule has 0 aromatic heterocycles. The number of nitriles is 1. The Morgan fingerprint density at radius 2 is 1.81 bits per heavy atom. The molecular weight excluding hydrogens is 424 g/mol. The first-order chi connectivity index (χ1) is 14.4. The predicted molar refractivity (Wildman–Crippen MR) is 114 cm³/mol. The number of hydrogen-bond donors (Lipinski definition) is 2. The molecule has 0 unspecified atom stereocenters. The van der Waals surface area contributed by atoms with Gasteiger partial charge in [0.1, 0.15) is 0 Å². The van der Waals surface area contributed by atoms with E-state index in [1.54, 1.807) is 0 Å². The smallest absolute Gasteiger partial charge is 0.270 e. The Morgan fingerprint density at radius 3 is 2.32 bits per heavy atom. The van der Waals surface area contributed by atoms with E-state index in [1.807, 2.05) is 6.92 Å². The average Bonchev–Trinajstić information content (AvgIpc) is 2.72. The Kier molecular flexibility index (Phi) is 6.34. The van der Waals surface area contributed by atoms with Gasteiger partial charge in [-0.2, -0.15) is 5.26 Å². The van der Waals surface area contributed by atoms with Gasteiger partial charge in [0.25, 0.3) is 11.8 Å². The van der Waals surface area contributed by atoms with Crippen LogP contribution in [0.15, 0.2) is 18.2 Å². The number of amides is 1. The number of rotatable bonds is 8. The molecule has 6 nitrogen and oxygen atoms in total. The molecule has 0 atom stereocenters. The number of carbonyl (C=O) groups excluding carboxylic acids is 1. The van der Waals surface area contributed by atoms with Gasteiger partial charge < -0.3 is 5.32 Å². The summed E-state index contributed by atoms with van der Waals surface area (Å²) in [6.07, 6.45) is 5.14. The number of sulfonamides is 1. The average molecular weight is 454 g/mol. The maximum atomic E-state index is 13.9. The zero-order chi connectivity index (χ0) is 22.9. The minimum atomic E-state index is -3.71. The van der Waals surface area contributed by atoms with E-state index in [2.05, 4.69) is 16.1 Å². The van der Waals surface area contributed by atoms with Crippen LogP contribution in [0.25, 0.3) is 0 Å². The number of nitrogens with zero attached hydrogens (tertiary/aromatic N) is 1. The van der Waals surface area contributed by atoms with Crippen molar-refractivity contribution in [2.75, 3.05) is 10.5 Å². The fourth-order valence-corrected chi connectivity index (χ4v) is 5.78. The first-order valence-electron chi connectivity index (χ1n) is 10.7. The molecule has 2 N–H and O–H groups in total. The number of carbonyl (C=O) groups is 1. The summed E-state index contributed by atoms with van der Waals surface area (Å²) in [5.74, 6) is -3.86. The van der Waals surface area contributed by atoms with Gasteiger partial charge in [-0.1, -0.05) is 19.4 Å². The first kappa shape index (κ1) is 23.5. The molecule has 1 amide bonds. The lowest BCUT2D eigenvalue weighted by Crippen LogP contribution is -2.56. The van der Waals surface area contributed by atoms with Crippen molar-refractivity contribution in [3.8, 4) is 6.07 Å². The molecule has 3 aliphatic rings. The minimum Gasteiger partial charge on any atom is -0.347 e. The van der Waals surface area contributed by atoms with Gasteiger partial charge >= 0.3 is 0 Å². The quantitative estimate of drug-likeness (QED) is 0.597. The van der Waals surface area contributed by atoms with Crippen LogP contribution in [0, 0.1) is 16.7 Å². The molecule has 1 aromatic rings. The van der Waals surface area contributed by atoms with Crippen molar-refractivity contribution >= 4 is 21.6 Å². The summed E-state index contributed by atoms with van der Waals surface area (Å²) in [6.45, 7) is 2.60. The molecule has 1 aromatic carbocycles. The minimum absolute atomic E-state index is 0.00371. The number of halogens is 2. The highest BCUT2D eigenvalue weighted by molar-refractivity contribution is 7.92. The molecule has 4 rings (SSSR count). The summed E-state index contributed by atoms with van der Waals surface area (Å²) in [6, 6.07) is 5.84. The highest BCUT2D eigenvalue weighted by Gasteiger charge is 2.49. The van der Waals surface area contributed by atoms with Crippen LogP contribution in [0.5, 0.6) is 0 Å². The summed E-state index contributed by atoms with van der Waals surface area (Å²) >= 11 is 0. The van der Waals surface area contributed by atoms with E-state index in [-0.39, 0.29) is 28.0 Å². The van der Waals surface area contributed by atoms with Gasteiger partial charge in [-0.3, -0.25) is 9.52 Å². The van der Waals surface area contributed by atoms with Crippen molar-refractivity contribution in [3.63, 3.8) is 0 Å². The summed E-state index contributed by atoms with van der Waals surface area (Å²) in [5, 5.41) is 12.4. The van der Waals surface area contributed by atoms with Crippen molar-refractivity contribution in [2.45, 2.75) is 76.7 Å². The second-order valence-electron chi connectivity index (χ2n) is 9.05. The third-order valence-corrected chi connectivity index (χ3v) is 8.02. The summed E-state index contributed by atoms with van der Waals surface area (Å²) < 4.78 is 55.0. The van der Waals surface area contributed by atoms with Crippen LogP contribution in [-0.4, -0.2) is 25.6 Å². The molecule has 3 aliphatic carbocycles. The maximum Gasteiger partial charge on any atom is 0.270 e. The fraction of sp³-hybridized carbons (Fsp3) is 0.636. The molecule has 170 valence electrons. The molecule has 3 fully saturated rings. The maximum absolute atomic E-state index is 13.9. The van der Waals surface area contributed by atoms with E-state index >= 15 is 0 Å². The van der Waals surface area contributed by atoms with Crippen molar-refractivity contribution in [1.29, 1.82) is 5.26 Å². The van der Waals surface area contributed by atoms with Crippen molar-refractivity contribution in [3.05, 3.63) is 29.3 Å². The second-order valence-corrected chi connectivity index (χ2v) is 10.9. The van der Waals surface area contributed by atoms with Crippen LogP contribution in [0.3, 0.4) is 0 Å². The number of unbranched alkanes of at least 4 members (excludes halogenated alkanes) is 1. The van der Waals surface area contributed by atoms with Crippen LogP contribution in [-0.2, 0) is 15.9 Å². The van der Waals surface area contributed by atoms with E-state index in [9.17, 15) is 27.3 Å². The molecule has 3 saturated carbocycles. The van der Waals surface area contributed by atoms with Crippen LogP contribution in [0.2, 0.25) is 0 Å². The largest absolute Gasteiger partial charge is 0.347 e. The number of benzene rings is 1. The van der Waals surface area contributed by atoms with Crippen molar-refractivity contribution in [2.24, 2.45) is 5.41 Å². The zero-order valence-electron chi connectivity index (χ0n) is 17.9. The number of fused-ring (bicyclic) bond motifs is 3. The van der Waals surface area contributed by atoms with E-state index in [0.29, 0.717) is 51.4 Å². The summed E-state index contributed by atoms with van der Waals surface area (Å²) in [5.41, 5.74) is -1.29. The molecule has 0 heterocycles. The topological polar surface area (TPSA) is 99.1 Å². The van der Waals surface area contributed by atoms with Gasteiger partial charge in [0, 0.05) is 18.0 Å². The first-order valence-corrected chi connectivity index (χ1v) is 12.4. The normalized spacial score (nSPS) is 25.6. The Labute approximate surface area is 182 Å². The van der Waals surface area contributed by atoms with Gasteiger partial charge in [-0.25, -0.2) is 17.2 Å². The standard InChI is InChI=1S/C22H29F2N3O3S/c1-3-4-13-31(29,30)27-18-6-5-16(20(2,23)24)14-17(18)19(28)26-22-10-7-21(15-25,8-11-22)9-12-22/h5-6,14,27H,3-4,7-13H2,1-2H3,(H,26,28). The van der Waals surface area contributed by atoms with Gasteiger partial charge in [-0.05, 0) is 57.1 Å². The predicted octanol–water partition coefficient (Wildman–Crippen LogP) is 4.69. The zero-order valence-corrected chi connectivity index (χ0v) is 18.7. The molecule has 9 heteroatoms. The fourth-order valence-electron chi connectivity index (χ4n) is 4.50. The van der Waals surface area contributed by atoms with Crippen molar-refractivity contribution in [1.82, 2.24) is 5.32 Å². The summed E-state index contributed by atoms with van der Waals surface area (Å²) in [4.78, 5) is 13.2. The third-order valence-electron chi connectivity index (χ3n) is 6.67. The SMILES string of the molecule is CCCCS(=O)(=O)Nc1ccc(C(C)(F)F)cc1C(=O)NC12CCC(C#N)(CC1)CC2. The Hall–Kier alpha value is -2.21. The van der Waals surface area contributed by atoms with E-state index < -0.39 is 27.4 Å². The van der Waals surface area contributed by atoms with Crippen LogP contribution in [0.1, 0.15) is 81.1 Å². The monoisotopic (exact) mass is 453 g/mol. The lowest BCUT2D eigenvalue weighted by molar-refractivity contribution is 0.0174. The van der Waals surface area contributed by atoms with E-state index in [0.717, 1.165) is 19.1 Å². The molecule has 0 radical (unpaired) electrons. The molecule has 2 bridgehead atoms. The van der Waals surface area contributed by atoms with E-state index in [4.69, 9.17) is 0 Å². The molecule has 31 heavy (non-hydrogen) atoms. The summed E-state index contributed by atoms with van der Waals surface area (Å²) in [7, 11) is -3.71. The van der Waals surface area contributed by atoms with Crippen LogP contribution < -0.4 is 10.0 Å². The molecule has 0 saturated heterocycles. The highest BCUT2D eigenvalue weighted by Crippen LogP contribution is 2.52. The van der Waals surface area contributed by atoms with Crippen LogP contribution in [0.4, 0.5) is 14.5 Å². The number of anilines is 1. The second kappa shape index (κ2) is 8.38. The van der Waals surface area contributed by atoms with Gasteiger partial charge in [-0.15, -0.1) is 0 Å². The Bertz CT molecular complexity index is 972. The van der Waals surface area contributed by atoms with Crippen LogP contribution >= 0.6 is 0 Å². The van der Waals surface area contributed by atoms with Crippen molar-refractivity contribution < 1.29 is 22.0 Å². The van der Waals surface area contributed by atoms with Gasteiger partial charge in [0.05, 0.1) is 28.5 Å². The van der Waals surface area contributed by atoms with Gasteiger partial charge in [0.15, 0.2) is 0 Å².